The van der Waals surface area contributed by atoms with E-state index in [-0.39, 0.29) is 12.1 Å². The summed E-state index contributed by atoms with van der Waals surface area (Å²) >= 11 is 0. The van der Waals surface area contributed by atoms with Gasteiger partial charge in [0.2, 0.25) is 0 Å². The molecule has 18 heavy (non-hydrogen) atoms. The van der Waals surface area contributed by atoms with Crippen molar-refractivity contribution < 1.29 is 5.11 Å². The Morgan fingerprint density at radius 3 is 2.56 bits per heavy atom. The molecule has 2 atom stereocenters. The molecular formula is C16H23NO. The van der Waals surface area contributed by atoms with Crippen molar-refractivity contribution in [1.29, 1.82) is 0 Å². The third kappa shape index (κ3) is 2.08. The minimum absolute atomic E-state index is 0.283. The Morgan fingerprint density at radius 2 is 1.83 bits per heavy atom. The molecule has 98 valence electrons. The number of hydrogen-bond donors (Lipinski definition) is 1. The number of likely N-dealkylation sites (N-methyl/N-ethyl adjacent to an activating group) is 1. The van der Waals surface area contributed by atoms with Crippen LogP contribution in [0, 0.1) is 0 Å². The number of aliphatic hydroxyl groups is 1. The summed E-state index contributed by atoms with van der Waals surface area (Å²) in [5, 5.41) is 10.5. The van der Waals surface area contributed by atoms with Gasteiger partial charge in [-0.15, -0.1) is 0 Å². The standard InChI is InChI=1S/C16H23NO/c1-17(13-8-3-2-4-9-13)15-11-12-7-5-6-10-14(12)16(15)18/h5-7,10,13,15-16,18H,2-4,8-9,11H2,1H3. The fraction of sp³-hybridized carbons (Fsp3) is 0.625. The summed E-state index contributed by atoms with van der Waals surface area (Å²) < 4.78 is 0. The Hall–Kier alpha value is -0.860. The first-order chi connectivity index (χ1) is 8.77. The highest BCUT2D eigenvalue weighted by Gasteiger charge is 2.36. The third-order valence-electron chi connectivity index (χ3n) is 4.84. The van der Waals surface area contributed by atoms with Gasteiger partial charge in [-0.2, -0.15) is 0 Å². The molecule has 2 nitrogen and oxygen atoms in total. The summed E-state index contributed by atoms with van der Waals surface area (Å²) in [6.45, 7) is 0. The first-order valence-corrected chi connectivity index (χ1v) is 7.25. The molecule has 0 aliphatic heterocycles. The van der Waals surface area contributed by atoms with Crippen LogP contribution < -0.4 is 0 Å². The average molecular weight is 245 g/mol. The van der Waals surface area contributed by atoms with Crippen LogP contribution in [-0.2, 0) is 6.42 Å². The average Bonchev–Trinajstić information content (AvgIpc) is 2.77. The van der Waals surface area contributed by atoms with E-state index in [4.69, 9.17) is 0 Å². The SMILES string of the molecule is CN(C1CCCCC1)C1Cc2ccccc2C1O. The van der Waals surface area contributed by atoms with Crippen LogP contribution in [0.3, 0.4) is 0 Å². The molecule has 0 radical (unpaired) electrons. The van der Waals surface area contributed by atoms with Crippen molar-refractivity contribution in [1.82, 2.24) is 4.90 Å². The van der Waals surface area contributed by atoms with E-state index in [1.165, 1.54) is 37.7 Å². The molecule has 1 fully saturated rings. The van der Waals surface area contributed by atoms with Crippen LogP contribution in [0.25, 0.3) is 0 Å². The van der Waals surface area contributed by atoms with Crippen molar-refractivity contribution in [2.45, 2.75) is 56.7 Å². The number of hydrogen-bond acceptors (Lipinski definition) is 2. The second kappa shape index (κ2) is 5.02. The van der Waals surface area contributed by atoms with Crippen LogP contribution in [0.5, 0.6) is 0 Å². The highest BCUT2D eigenvalue weighted by molar-refractivity contribution is 5.35. The molecule has 2 heteroatoms. The molecule has 0 aromatic heterocycles. The molecule has 1 N–H and O–H groups in total. The van der Waals surface area contributed by atoms with Crippen LogP contribution in [0.15, 0.2) is 24.3 Å². The summed E-state index contributed by atoms with van der Waals surface area (Å²) in [7, 11) is 2.20. The van der Waals surface area contributed by atoms with Gasteiger partial charge >= 0.3 is 0 Å². The fourth-order valence-corrected chi connectivity index (χ4v) is 3.68. The fourth-order valence-electron chi connectivity index (χ4n) is 3.68. The van der Waals surface area contributed by atoms with Gasteiger partial charge in [0, 0.05) is 12.1 Å². The second-order valence-electron chi connectivity index (χ2n) is 5.87. The third-order valence-corrected chi connectivity index (χ3v) is 4.84. The van der Waals surface area contributed by atoms with Crippen molar-refractivity contribution in [3.05, 3.63) is 35.4 Å². The van der Waals surface area contributed by atoms with Crippen molar-refractivity contribution in [2.75, 3.05) is 7.05 Å². The number of benzene rings is 1. The Labute approximate surface area is 110 Å². The molecule has 0 heterocycles. The van der Waals surface area contributed by atoms with Gasteiger partial charge in [-0.05, 0) is 37.4 Å². The lowest BCUT2D eigenvalue weighted by Gasteiger charge is -2.37. The molecule has 1 saturated carbocycles. The van der Waals surface area contributed by atoms with Gasteiger partial charge < -0.3 is 5.11 Å². The quantitative estimate of drug-likeness (QED) is 0.866. The second-order valence-corrected chi connectivity index (χ2v) is 5.87. The minimum Gasteiger partial charge on any atom is -0.387 e. The maximum atomic E-state index is 10.5. The first-order valence-electron chi connectivity index (χ1n) is 7.25. The van der Waals surface area contributed by atoms with Crippen molar-refractivity contribution in [3.63, 3.8) is 0 Å². The molecular weight excluding hydrogens is 222 g/mol. The van der Waals surface area contributed by atoms with Crippen LogP contribution in [-0.4, -0.2) is 29.1 Å². The number of rotatable bonds is 2. The van der Waals surface area contributed by atoms with E-state index in [2.05, 4.69) is 30.1 Å². The van der Waals surface area contributed by atoms with Crippen LogP contribution in [0.1, 0.15) is 49.3 Å². The molecule has 1 aromatic rings. The van der Waals surface area contributed by atoms with Crippen molar-refractivity contribution in [3.8, 4) is 0 Å². The Bertz CT molecular complexity index is 411. The molecule has 3 rings (SSSR count). The smallest absolute Gasteiger partial charge is 0.0951 e. The maximum absolute atomic E-state index is 10.5. The van der Waals surface area contributed by atoms with Crippen LogP contribution >= 0.6 is 0 Å². The van der Waals surface area contributed by atoms with Gasteiger partial charge in [0.05, 0.1) is 6.10 Å². The summed E-state index contributed by atoms with van der Waals surface area (Å²) in [5.41, 5.74) is 2.47. The molecule has 0 bridgehead atoms. The van der Waals surface area contributed by atoms with E-state index < -0.39 is 0 Å². The lowest BCUT2D eigenvalue weighted by molar-refractivity contribution is 0.0408. The van der Waals surface area contributed by atoms with E-state index in [1.807, 2.05) is 6.07 Å². The molecule has 0 spiro atoms. The number of aliphatic hydroxyl groups excluding tert-OH is 1. The molecule has 2 aliphatic carbocycles. The normalized spacial score (nSPS) is 28.6. The summed E-state index contributed by atoms with van der Waals surface area (Å²) in [6.07, 6.45) is 7.40. The first kappa shape index (κ1) is 12.2. The summed E-state index contributed by atoms with van der Waals surface area (Å²) in [5.74, 6) is 0. The van der Waals surface area contributed by atoms with E-state index in [9.17, 15) is 5.11 Å². The lowest BCUT2D eigenvalue weighted by Crippen LogP contribution is -2.43. The topological polar surface area (TPSA) is 23.5 Å². The van der Waals surface area contributed by atoms with E-state index in [0.717, 1.165) is 12.0 Å². The highest BCUT2D eigenvalue weighted by Crippen LogP contribution is 2.36. The van der Waals surface area contributed by atoms with Crippen LogP contribution in [0.4, 0.5) is 0 Å². The number of nitrogens with zero attached hydrogens (tertiary/aromatic N) is 1. The van der Waals surface area contributed by atoms with Gasteiger partial charge in [0.15, 0.2) is 0 Å². The molecule has 0 saturated heterocycles. The van der Waals surface area contributed by atoms with Crippen LogP contribution in [0.2, 0.25) is 0 Å². The molecule has 2 aliphatic rings. The predicted octanol–water partition coefficient (Wildman–Crippen LogP) is 2.91. The number of fused-ring (bicyclic) bond motifs is 1. The monoisotopic (exact) mass is 245 g/mol. The molecule has 2 unspecified atom stereocenters. The minimum atomic E-state index is -0.298. The zero-order chi connectivity index (χ0) is 12.5. The maximum Gasteiger partial charge on any atom is 0.0951 e. The summed E-state index contributed by atoms with van der Waals surface area (Å²) in [6, 6.07) is 9.31. The van der Waals surface area contributed by atoms with E-state index in [1.54, 1.807) is 0 Å². The van der Waals surface area contributed by atoms with E-state index in [0.29, 0.717) is 6.04 Å². The van der Waals surface area contributed by atoms with Crippen molar-refractivity contribution >= 4 is 0 Å². The van der Waals surface area contributed by atoms with Crippen molar-refractivity contribution in [2.24, 2.45) is 0 Å². The predicted molar refractivity (Wildman–Crippen MR) is 73.5 cm³/mol. The Morgan fingerprint density at radius 1 is 1.11 bits per heavy atom. The zero-order valence-electron chi connectivity index (χ0n) is 11.2. The zero-order valence-corrected chi connectivity index (χ0v) is 11.2. The van der Waals surface area contributed by atoms with Gasteiger partial charge in [-0.1, -0.05) is 43.5 Å². The summed E-state index contributed by atoms with van der Waals surface area (Å²) in [4.78, 5) is 2.45. The Balaban J connectivity index is 1.74. The van der Waals surface area contributed by atoms with Gasteiger partial charge in [0.1, 0.15) is 0 Å². The van der Waals surface area contributed by atoms with Gasteiger partial charge in [0.25, 0.3) is 0 Å². The highest BCUT2D eigenvalue weighted by atomic mass is 16.3. The largest absolute Gasteiger partial charge is 0.387 e. The Kier molecular flexibility index (Phi) is 3.40. The molecule has 0 amide bonds. The molecule has 1 aromatic carbocycles. The lowest BCUT2D eigenvalue weighted by atomic mass is 9.93. The van der Waals surface area contributed by atoms with E-state index >= 15 is 0 Å². The van der Waals surface area contributed by atoms with Gasteiger partial charge in [-0.3, -0.25) is 4.90 Å². The van der Waals surface area contributed by atoms with Gasteiger partial charge in [-0.25, -0.2) is 0 Å².